The van der Waals surface area contributed by atoms with Gasteiger partial charge in [-0.2, -0.15) is 0 Å². The zero-order chi connectivity index (χ0) is 12.8. The topological polar surface area (TPSA) is 38.3 Å². The lowest BCUT2D eigenvalue weighted by Crippen LogP contribution is -2.36. The van der Waals surface area contributed by atoms with Crippen molar-refractivity contribution in [2.75, 3.05) is 7.11 Å². The predicted molar refractivity (Wildman–Crippen MR) is 63.9 cm³/mol. The van der Waals surface area contributed by atoms with Gasteiger partial charge in [-0.05, 0) is 24.6 Å². The lowest BCUT2D eigenvalue weighted by Gasteiger charge is -2.19. The van der Waals surface area contributed by atoms with E-state index in [1.165, 1.54) is 19.2 Å². The van der Waals surface area contributed by atoms with Gasteiger partial charge in [0.05, 0.1) is 13.0 Å². The number of benzene rings is 1. The summed E-state index contributed by atoms with van der Waals surface area (Å²) in [5.41, 5.74) is 0.982. The summed E-state index contributed by atoms with van der Waals surface area (Å²) in [5.74, 6) is -0.686. The summed E-state index contributed by atoms with van der Waals surface area (Å²) in [6.45, 7) is 4.34. The van der Waals surface area contributed by atoms with Crippen molar-refractivity contribution in [1.29, 1.82) is 0 Å². The van der Waals surface area contributed by atoms with Crippen LogP contribution in [0.25, 0.3) is 0 Å². The summed E-state index contributed by atoms with van der Waals surface area (Å²) in [6, 6.07) is 6.29. The number of carbonyl (C=O) groups excluding carboxylic acids is 1. The molecule has 17 heavy (non-hydrogen) atoms. The molecule has 3 nitrogen and oxygen atoms in total. The predicted octanol–water partition coefficient (Wildman–Crippen LogP) is 2.11. The minimum atomic E-state index is -0.246. The summed E-state index contributed by atoms with van der Waals surface area (Å²) in [5, 5.41) is 3.21. The van der Waals surface area contributed by atoms with Crippen LogP contribution in [0.3, 0.4) is 0 Å². The number of ether oxygens (including phenoxy) is 1. The van der Waals surface area contributed by atoms with Gasteiger partial charge in [0, 0.05) is 12.6 Å². The number of esters is 1. The van der Waals surface area contributed by atoms with E-state index in [1.54, 1.807) is 12.1 Å². The number of rotatable bonds is 5. The molecule has 1 aromatic rings. The summed E-state index contributed by atoms with van der Waals surface area (Å²) < 4.78 is 17.4. The van der Waals surface area contributed by atoms with Crippen LogP contribution in [0.4, 0.5) is 4.39 Å². The average Bonchev–Trinajstić information content (AvgIpc) is 2.35. The number of methoxy groups -OCH3 is 1. The van der Waals surface area contributed by atoms with Crippen LogP contribution in [-0.2, 0) is 16.1 Å². The summed E-state index contributed by atoms with van der Waals surface area (Å²) in [7, 11) is 1.38. The average molecular weight is 239 g/mol. The molecule has 0 heterocycles. The van der Waals surface area contributed by atoms with E-state index in [1.807, 2.05) is 13.8 Å². The lowest BCUT2D eigenvalue weighted by molar-refractivity contribution is -0.145. The van der Waals surface area contributed by atoms with Crippen LogP contribution in [0, 0.1) is 11.7 Å². The van der Waals surface area contributed by atoms with Gasteiger partial charge in [0.15, 0.2) is 0 Å². The van der Waals surface area contributed by atoms with Crippen LogP contribution < -0.4 is 5.32 Å². The molecule has 0 amide bonds. The van der Waals surface area contributed by atoms with Gasteiger partial charge >= 0.3 is 5.97 Å². The van der Waals surface area contributed by atoms with Crippen LogP contribution in [0.15, 0.2) is 24.3 Å². The second-order valence-electron chi connectivity index (χ2n) is 4.11. The van der Waals surface area contributed by atoms with Crippen LogP contribution in [-0.4, -0.2) is 19.1 Å². The highest BCUT2D eigenvalue weighted by molar-refractivity contribution is 5.72. The van der Waals surface area contributed by atoms with E-state index in [0.717, 1.165) is 5.56 Å². The van der Waals surface area contributed by atoms with Crippen LogP contribution in [0.1, 0.15) is 19.4 Å². The third-order valence-electron chi connectivity index (χ3n) is 2.86. The Hall–Kier alpha value is -1.42. The number of nitrogens with one attached hydrogen (secondary N) is 1. The summed E-state index contributed by atoms with van der Waals surface area (Å²) in [4.78, 5) is 11.3. The van der Waals surface area contributed by atoms with Gasteiger partial charge in [-0.15, -0.1) is 0 Å². The maximum absolute atomic E-state index is 12.7. The smallest absolute Gasteiger partial charge is 0.309 e. The summed E-state index contributed by atoms with van der Waals surface area (Å²) >= 11 is 0. The Morgan fingerprint density at radius 1 is 1.35 bits per heavy atom. The second-order valence-corrected chi connectivity index (χ2v) is 4.11. The molecule has 0 radical (unpaired) electrons. The van der Waals surface area contributed by atoms with Gasteiger partial charge in [0.2, 0.25) is 0 Å². The highest BCUT2D eigenvalue weighted by Crippen LogP contribution is 2.07. The molecule has 0 saturated heterocycles. The first-order chi connectivity index (χ1) is 8.04. The molecule has 0 aliphatic rings. The molecule has 1 aromatic carbocycles. The monoisotopic (exact) mass is 239 g/mol. The zero-order valence-electron chi connectivity index (χ0n) is 10.4. The Morgan fingerprint density at radius 3 is 2.47 bits per heavy atom. The van der Waals surface area contributed by atoms with Crippen molar-refractivity contribution in [2.24, 2.45) is 5.92 Å². The molecular formula is C13H18FNO2. The van der Waals surface area contributed by atoms with Crippen LogP contribution in [0.5, 0.6) is 0 Å². The molecule has 0 spiro atoms. The van der Waals surface area contributed by atoms with Gasteiger partial charge in [0.1, 0.15) is 5.82 Å². The molecule has 0 aromatic heterocycles. The highest BCUT2D eigenvalue weighted by Gasteiger charge is 2.19. The molecule has 4 heteroatoms. The molecule has 0 bridgehead atoms. The number of hydrogen-bond acceptors (Lipinski definition) is 3. The zero-order valence-corrected chi connectivity index (χ0v) is 10.4. The fraction of sp³-hybridized carbons (Fsp3) is 0.462. The molecular weight excluding hydrogens is 221 g/mol. The van der Waals surface area contributed by atoms with Gasteiger partial charge in [-0.25, -0.2) is 4.39 Å². The van der Waals surface area contributed by atoms with Crippen molar-refractivity contribution in [2.45, 2.75) is 26.4 Å². The molecule has 1 rings (SSSR count). The van der Waals surface area contributed by atoms with E-state index in [4.69, 9.17) is 0 Å². The maximum Gasteiger partial charge on any atom is 0.309 e. The van der Waals surface area contributed by atoms with E-state index in [9.17, 15) is 9.18 Å². The first kappa shape index (κ1) is 13.6. The quantitative estimate of drug-likeness (QED) is 0.800. The van der Waals surface area contributed by atoms with Gasteiger partial charge in [-0.3, -0.25) is 4.79 Å². The minimum Gasteiger partial charge on any atom is -0.469 e. The van der Waals surface area contributed by atoms with Gasteiger partial charge in [-0.1, -0.05) is 19.1 Å². The molecule has 0 saturated carbocycles. The Labute approximate surface area is 101 Å². The third kappa shape index (κ3) is 4.15. The van der Waals surface area contributed by atoms with E-state index in [-0.39, 0.29) is 23.7 Å². The second kappa shape index (κ2) is 6.35. The molecule has 1 N–H and O–H groups in total. The third-order valence-corrected chi connectivity index (χ3v) is 2.86. The minimum absolute atomic E-state index is 0.00695. The molecule has 0 aliphatic carbocycles. The lowest BCUT2D eigenvalue weighted by atomic mass is 10.0. The fourth-order valence-corrected chi connectivity index (χ4v) is 1.45. The SMILES string of the molecule is COC(=O)C(C)C(C)NCc1ccc(F)cc1. The normalized spacial score (nSPS) is 14.1. The largest absolute Gasteiger partial charge is 0.469 e. The van der Waals surface area contributed by atoms with Crippen molar-refractivity contribution in [3.8, 4) is 0 Å². The fourth-order valence-electron chi connectivity index (χ4n) is 1.45. The van der Waals surface area contributed by atoms with Crippen LogP contribution >= 0.6 is 0 Å². The molecule has 2 atom stereocenters. The Morgan fingerprint density at radius 2 is 1.94 bits per heavy atom. The molecule has 0 fully saturated rings. The summed E-state index contributed by atoms with van der Waals surface area (Å²) in [6.07, 6.45) is 0. The van der Waals surface area contributed by atoms with E-state index in [0.29, 0.717) is 6.54 Å². The van der Waals surface area contributed by atoms with Gasteiger partial charge in [0.25, 0.3) is 0 Å². The van der Waals surface area contributed by atoms with E-state index < -0.39 is 0 Å². The molecule has 94 valence electrons. The Balaban J connectivity index is 2.45. The molecule has 0 aliphatic heterocycles. The highest BCUT2D eigenvalue weighted by atomic mass is 19.1. The van der Waals surface area contributed by atoms with Crippen LogP contribution in [0.2, 0.25) is 0 Å². The number of halogens is 1. The first-order valence-corrected chi connectivity index (χ1v) is 5.60. The first-order valence-electron chi connectivity index (χ1n) is 5.60. The Bertz CT molecular complexity index is 364. The molecule has 2 unspecified atom stereocenters. The maximum atomic E-state index is 12.7. The van der Waals surface area contributed by atoms with E-state index >= 15 is 0 Å². The standard InChI is InChI=1S/C13H18FNO2/c1-9(13(16)17-3)10(2)15-8-11-4-6-12(14)7-5-11/h4-7,9-10,15H,8H2,1-3H3. The van der Waals surface area contributed by atoms with Crippen molar-refractivity contribution in [3.05, 3.63) is 35.6 Å². The van der Waals surface area contributed by atoms with Gasteiger partial charge < -0.3 is 10.1 Å². The van der Waals surface area contributed by atoms with Crippen molar-refractivity contribution in [3.63, 3.8) is 0 Å². The van der Waals surface area contributed by atoms with Crippen molar-refractivity contribution >= 4 is 5.97 Å². The van der Waals surface area contributed by atoms with Crippen molar-refractivity contribution in [1.82, 2.24) is 5.32 Å². The van der Waals surface area contributed by atoms with Crippen molar-refractivity contribution < 1.29 is 13.9 Å². The number of carbonyl (C=O) groups is 1. The Kier molecular flexibility index (Phi) is 5.10. The number of hydrogen-bond donors (Lipinski definition) is 1. The van der Waals surface area contributed by atoms with E-state index in [2.05, 4.69) is 10.1 Å².